The van der Waals surface area contributed by atoms with Crippen LogP contribution in [0.1, 0.15) is 24.2 Å². The van der Waals surface area contributed by atoms with E-state index in [0.29, 0.717) is 23.1 Å². The van der Waals surface area contributed by atoms with E-state index in [1.165, 1.54) is 0 Å². The van der Waals surface area contributed by atoms with Crippen molar-refractivity contribution >= 4 is 29.1 Å². The minimum absolute atomic E-state index is 0.340. The van der Waals surface area contributed by atoms with E-state index in [9.17, 15) is 4.79 Å². The van der Waals surface area contributed by atoms with Crippen LogP contribution in [0.25, 0.3) is 0 Å². The predicted octanol–water partition coefficient (Wildman–Crippen LogP) is 2.61. The summed E-state index contributed by atoms with van der Waals surface area (Å²) in [4.78, 5) is 11.5. The standard InChI is InChI=1S/C13H20N2O2S/c1-4-17-13(16)10-5-6-12(11(14)7-10)15-8-9(2)18-3/h5-7,9,15H,4,8,14H2,1-3H3. The number of esters is 1. The molecule has 0 aromatic heterocycles. The minimum Gasteiger partial charge on any atom is -0.462 e. The quantitative estimate of drug-likeness (QED) is 0.613. The van der Waals surface area contributed by atoms with Gasteiger partial charge >= 0.3 is 5.97 Å². The molecule has 3 N–H and O–H groups in total. The van der Waals surface area contributed by atoms with Gasteiger partial charge in [0, 0.05) is 11.8 Å². The highest BCUT2D eigenvalue weighted by molar-refractivity contribution is 7.99. The lowest BCUT2D eigenvalue weighted by Gasteiger charge is -2.13. The minimum atomic E-state index is -0.340. The van der Waals surface area contributed by atoms with Gasteiger partial charge in [0.05, 0.1) is 23.5 Å². The first-order valence-electron chi connectivity index (χ1n) is 5.91. The van der Waals surface area contributed by atoms with E-state index in [0.717, 1.165) is 12.2 Å². The molecule has 0 heterocycles. The molecular formula is C13H20N2O2S. The number of anilines is 2. The number of benzene rings is 1. The van der Waals surface area contributed by atoms with E-state index in [4.69, 9.17) is 10.5 Å². The van der Waals surface area contributed by atoms with E-state index in [2.05, 4.69) is 18.5 Å². The number of nitrogen functional groups attached to an aromatic ring is 1. The zero-order chi connectivity index (χ0) is 13.5. The van der Waals surface area contributed by atoms with Gasteiger partial charge in [-0.2, -0.15) is 11.8 Å². The Labute approximate surface area is 112 Å². The summed E-state index contributed by atoms with van der Waals surface area (Å²) in [6, 6.07) is 5.18. The molecule has 0 aliphatic rings. The number of carbonyl (C=O) groups excluding carboxylic acids is 1. The van der Waals surface area contributed by atoms with E-state index < -0.39 is 0 Å². The normalized spacial score (nSPS) is 11.9. The molecule has 1 aromatic rings. The Morgan fingerprint density at radius 3 is 2.83 bits per heavy atom. The number of thioether (sulfide) groups is 1. The van der Waals surface area contributed by atoms with Crippen LogP contribution in [0.15, 0.2) is 18.2 Å². The molecule has 0 amide bonds. The number of hydrogen-bond acceptors (Lipinski definition) is 5. The Balaban J connectivity index is 2.70. The van der Waals surface area contributed by atoms with Crippen molar-refractivity contribution in [2.45, 2.75) is 19.1 Å². The second-order valence-corrected chi connectivity index (χ2v) is 5.23. The molecule has 1 aromatic carbocycles. The van der Waals surface area contributed by atoms with Crippen LogP contribution in [0.5, 0.6) is 0 Å². The molecule has 0 aliphatic heterocycles. The molecule has 5 heteroatoms. The molecule has 0 saturated heterocycles. The summed E-state index contributed by atoms with van der Waals surface area (Å²) in [5.41, 5.74) is 7.80. The van der Waals surface area contributed by atoms with Gasteiger partial charge in [-0.05, 0) is 31.4 Å². The maximum Gasteiger partial charge on any atom is 0.338 e. The zero-order valence-corrected chi connectivity index (χ0v) is 11.8. The van der Waals surface area contributed by atoms with Crippen molar-refractivity contribution in [1.82, 2.24) is 0 Å². The fourth-order valence-electron chi connectivity index (χ4n) is 1.40. The van der Waals surface area contributed by atoms with Crippen LogP contribution in [-0.2, 0) is 4.74 Å². The van der Waals surface area contributed by atoms with Gasteiger partial charge < -0.3 is 15.8 Å². The van der Waals surface area contributed by atoms with Gasteiger partial charge in [0.1, 0.15) is 0 Å². The van der Waals surface area contributed by atoms with Gasteiger partial charge in [-0.15, -0.1) is 0 Å². The highest BCUT2D eigenvalue weighted by atomic mass is 32.2. The van der Waals surface area contributed by atoms with Gasteiger partial charge in [-0.25, -0.2) is 4.79 Å². The summed E-state index contributed by atoms with van der Waals surface area (Å²) in [7, 11) is 0. The largest absolute Gasteiger partial charge is 0.462 e. The maximum atomic E-state index is 11.5. The molecular weight excluding hydrogens is 248 g/mol. The first-order valence-corrected chi connectivity index (χ1v) is 7.20. The van der Waals surface area contributed by atoms with Crippen molar-refractivity contribution < 1.29 is 9.53 Å². The molecule has 1 atom stereocenters. The van der Waals surface area contributed by atoms with Crippen molar-refractivity contribution in [2.75, 3.05) is 30.5 Å². The number of rotatable bonds is 6. The number of hydrogen-bond donors (Lipinski definition) is 2. The third-order valence-electron chi connectivity index (χ3n) is 2.55. The van der Waals surface area contributed by atoms with Crippen LogP contribution in [0, 0.1) is 0 Å². The Morgan fingerprint density at radius 2 is 2.28 bits per heavy atom. The second-order valence-electron chi connectivity index (χ2n) is 3.95. The van der Waals surface area contributed by atoms with Crippen LogP contribution >= 0.6 is 11.8 Å². The lowest BCUT2D eigenvalue weighted by atomic mass is 10.1. The molecule has 0 spiro atoms. The van der Waals surface area contributed by atoms with Crippen LogP contribution < -0.4 is 11.1 Å². The fraction of sp³-hybridized carbons (Fsp3) is 0.462. The molecule has 0 saturated carbocycles. The van der Waals surface area contributed by atoms with Crippen LogP contribution in [0.4, 0.5) is 11.4 Å². The smallest absolute Gasteiger partial charge is 0.338 e. The fourth-order valence-corrected chi connectivity index (χ4v) is 1.65. The van der Waals surface area contributed by atoms with Crippen molar-refractivity contribution in [2.24, 2.45) is 0 Å². The van der Waals surface area contributed by atoms with Gasteiger partial charge in [0.25, 0.3) is 0 Å². The van der Waals surface area contributed by atoms with E-state index in [1.807, 2.05) is 6.07 Å². The van der Waals surface area contributed by atoms with Gasteiger partial charge in [0.15, 0.2) is 0 Å². The summed E-state index contributed by atoms with van der Waals surface area (Å²) in [5, 5.41) is 3.77. The molecule has 0 radical (unpaired) electrons. The average Bonchev–Trinajstić information content (AvgIpc) is 2.37. The Hall–Kier alpha value is -1.36. The van der Waals surface area contributed by atoms with Gasteiger partial charge in [-0.3, -0.25) is 0 Å². The molecule has 100 valence electrons. The first-order chi connectivity index (χ1) is 8.58. The van der Waals surface area contributed by atoms with Crippen LogP contribution in [0.3, 0.4) is 0 Å². The SMILES string of the molecule is CCOC(=O)c1ccc(NCC(C)SC)c(N)c1. The second kappa shape index (κ2) is 7.16. The Morgan fingerprint density at radius 1 is 1.56 bits per heavy atom. The molecule has 1 unspecified atom stereocenters. The Bertz CT molecular complexity index is 410. The highest BCUT2D eigenvalue weighted by Crippen LogP contribution is 2.21. The molecule has 1 rings (SSSR count). The van der Waals surface area contributed by atoms with Crippen LogP contribution in [0.2, 0.25) is 0 Å². The monoisotopic (exact) mass is 268 g/mol. The lowest BCUT2D eigenvalue weighted by molar-refractivity contribution is 0.0526. The average molecular weight is 268 g/mol. The van der Waals surface area contributed by atoms with E-state index >= 15 is 0 Å². The van der Waals surface area contributed by atoms with Gasteiger partial charge in [-0.1, -0.05) is 6.92 Å². The summed E-state index contributed by atoms with van der Waals surface area (Å²) < 4.78 is 4.92. The summed E-state index contributed by atoms with van der Waals surface area (Å²) >= 11 is 1.79. The topological polar surface area (TPSA) is 64.3 Å². The highest BCUT2D eigenvalue weighted by Gasteiger charge is 2.09. The van der Waals surface area contributed by atoms with Crippen molar-refractivity contribution in [1.29, 1.82) is 0 Å². The lowest BCUT2D eigenvalue weighted by Crippen LogP contribution is -2.14. The molecule has 0 bridgehead atoms. The maximum absolute atomic E-state index is 11.5. The zero-order valence-electron chi connectivity index (χ0n) is 11.0. The number of nitrogens with two attached hydrogens (primary N) is 1. The third-order valence-corrected chi connectivity index (χ3v) is 3.52. The van der Waals surface area contributed by atoms with Crippen LogP contribution in [-0.4, -0.2) is 30.6 Å². The number of nitrogens with one attached hydrogen (secondary N) is 1. The van der Waals surface area contributed by atoms with Crippen molar-refractivity contribution in [3.8, 4) is 0 Å². The van der Waals surface area contributed by atoms with E-state index in [-0.39, 0.29) is 5.97 Å². The molecule has 0 fully saturated rings. The first kappa shape index (κ1) is 14.7. The third kappa shape index (κ3) is 4.14. The van der Waals surface area contributed by atoms with Crippen molar-refractivity contribution in [3.63, 3.8) is 0 Å². The summed E-state index contributed by atoms with van der Waals surface area (Å²) in [6.07, 6.45) is 2.07. The number of ether oxygens (including phenoxy) is 1. The number of carbonyl (C=O) groups is 1. The predicted molar refractivity (Wildman–Crippen MR) is 78.3 cm³/mol. The Kier molecular flexibility index (Phi) is 5.85. The molecule has 4 nitrogen and oxygen atoms in total. The molecule has 0 aliphatic carbocycles. The van der Waals surface area contributed by atoms with E-state index in [1.54, 1.807) is 30.8 Å². The molecule has 18 heavy (non-hydrogen) atoms. The van der Waals surface area contributed by atoms with Gasteiger partial charge in [0.2, 0.25) is 0 Å². The van der Waals surface area contributed by atoms with Crippen molar-refractivity contribution in [3.05, 3.63) is 23.8 Å². The summed E-state index contributed by atoms with van der Waals surface area (Å²) in [5.74, 6) is -0.340. The summed E-state index contributed by atoms with van der Waals surface area (Å²) in [6.45, 7) is 5.12.